The molecule has 0 radical (unpaired) electrons. The molecular formula is C18H20FN3O3S. The molecule has 1 amide bonds. The highest BCUT2D eigenvalue weighted by Gasteiger charge is 2.34. The smallest absolute Gasteiger partial charge is 0.272 e. The van der Waals surface area contributed by atoms with E-state index in [2.05, 4.69) is 10.3 Å². The van der Waals surface area contributed by atoms with Crippen molar-refractivity contribution in [3.8, 4) is 0 Å². The van der Waals surface area contributed by atoms with Crippen LogP contribution in [-0.2, 0) is 9.84 Å². The monoisotopic (exact) mass is 377 g/mol. The Morgan fingerprint density at radius 2 is 2.00 bits per heavy atom. The predicted molar refractivity (Wildman–Crippen MR) is 97.7 cm³/mol. The van der Waals surface area contributed by atoms with Crippen LogP contribution in [0.4, 0.5) is 15.8 Å². The molecule has 8 heteroatoms. The second-order valence-electron chi connectivity index (χ2n) is 6.21. The van der Waals surface area contributed by atoms with Gasteiger partial charge in [0, 0.05) is 30.2 Å². The van der Waals surface area contributed by atoms with Crippen molar-refractivity contribution in [3.05, 3.63) is 54.1 Å². The standard InChI is InChI=1S/C18H20FN3O3S/c1-2-22(16-8-10-26(24,25)12-16)18(23)17-11-15(7-9-20-17)21-14-5-3-13(19)4-6-14/h3-7,9,11,16H,2,8,10,12H2,1H3,(H,20,21). The van der Waals surface area contributed by atoms with Crippen LogP contribution >= 0.6 is 0 Å². The van der Waals surface area contributed by atoms with Crippen molar-refractivity contribution in [1.29, 1.82) is 0 Å². The summed E-state index contributed by atoms with van der Waals surface area (Å²) < 4.78 is 36.4. The molecule has 1 atom stereocenters. The molecule has 1 aliphatic rings. The first-order valence-corrected chi connectivity index (χ1v) is 10.2. The molecule has 0 aliphatic carbocycles. The van der Waals surface area contributed by atoms with Crippen LogP contribution in [0.1, 0.15) is 23.8 Å². The molecule has 2 heterocycles. The van der Waals surface area contributed by atoms with Crippen molar-refractivity contribution < 1.29 is 17.6 Å². The highest BCUT2D eigenvalue weighted by molar-refractivity contribution is 7.91. The van der Waals surface area contributed by atoms with Gasteiger partial charge >= 0.3 is 0 Å². The number of carbonyl (C=O) groups is 1. The molecule has 1 saturated heterocycles. The van der Waals surface area contributed by atoms with Crippen molar-refractivity contribution in [2.24, 2.45) is 0 Å². The van der Waals surface area contributed by atoms with E-state index in [0.29, 0.717) is 24.3 Å². The zero-order valence-corrected chi connectivity index (χ0v) is 15.2. The minimum absolute atomic E-state index is 0.0000994. The summed E-state index contributed by atoms with van der Waals surface area (Å²) in [5.41, 5.74) is 1.57. The highest BCUT2D eigenvalue weighted by atomic mass is 32.2. The zero-order chi connectivity index (χ0) is 18.7. The lowest BCUT2D eigenvalue weighted by Crippen LogP contribution is -2.41. The minimum atomic E-state index is -3.08. The largest absolute Gasteiger partial charge is 0.355 e. The first-order valence-electron chi connectivity index (χ1n) is 8.38. The van der Waals surface area contributed by atoms with E-state index in [1.165, 1.54) is 18.3 Å². The number of rotatable bonds is 5. The average Bonchev–Trinajstić information content (AvgIpc) is 2.97. The maximum Gasteiger partial charge on any atom is 0.272 e. The Hall–Kier alpha value is -2.48. The van der Waals surface area contributed by atoms with Gasteiger partial charge in [-0.2, -0.15) is 0 Å². The van der Waals surface area contributed by atoms with Gasteiger partial charge in [0.05, 0.1) is 11.5 Å². The average molecular weight is 377 g/mol. The number of hydrogen-bond acceptors (Lipinski definition) is 5. The zero-order valence-electron chi connectivity index (χ0n) is 14.4. The number of aromatic nitrogens is 1. The molecule has 6 nitrogen and oxygen atoms in total. The SMILES string of the molecule is CCN(C(=O)c1cc(Nc2ccc(F)cc2)ccn1)C1CCS(=O)(=O)C1. The molecule has 1 aromatic carbocycles. The summed E-state index contributed by atoms with van der Waals surface area (Å²) in [4.78, 5) is 18.5. The molecule has 138 valence electrons. The number of anilines is 2. The maximum atomic E-state index is 13.0. The molecule has 1 N–H and O–H groups in total. The Morgan fingerprint density at radius 3 is 2.62 bits per heavy atom. The normalized spacial score (nSPS) is 18.5. The Balaban J connectivity index is 1.77. The molecule has 3 rings (SSSR count). The van der Waals surface area contributed by atoms with Crippen LogP contribution in [0.25, 0.3) is 0 Å². The molecule has 2 aromatic rings. The van der Waals surface area contributed by atoms with E-state index in [0.717, 1.165) is 0 Å². The van der Waals surface area contributed by atoms with Crippen LogP contribution in [-0.4, -0.2) is 48.3 Å². The lowest BCUT2D eigenvalue weighted by molar-refractivity contribution is 0.0702. The van der Waals surface area contributed by atoms with E-state index in [4.69, 9.17) is 0 Å². The van der Waals surface area contributed by atoms with E-state index in [-0.39, 0.29) is 35.0 Å². The molecule has 1 unspecified atom stereocenters. The second kappa shape index (κ2) is 7.41. The molecule has 1 aromatic heterocycles. The summed E-state index contributed by atoms with van der Waals surface area (Å²) in [6, 6.07) is 8.88. The molecule has 1 fully saturated rings. The Labute approximate surface area is 152 Å². The number of carbonyl (C=O) groups excluding carboxylic acids is 1. The van der Waals surface area contributed by atoms with Crippen molar-refractivity contribution in [2.75, 3.05) is 23.4 Å². The van der Waals surface area contributed by atoms with Crippen LogP contribution in [0.5, 0.6) is 0 Å². The number of hydrogen-bond donors (Lipinski definition) is 1. The van der Waals surface area contributed by atoms with Gasteiger partial charge in [-0.25, -0.2) is 12.8 Å². The van der Waals surface area contributed by atoms with Gasteiger partial charge < -0.3 is 10.2 Å². The van der Waals surface area contributed by atoms with Crippen molar-refractivity contribution in [1.82, 2.24) is 9.88 Å². The fourth-order valence-corrected chi connectivity index (χ4v) is 4.79. The van der Waals surface area contributed by atoms with Gasteiger partial charge in [-0.1, -0.05) is 0 Å². The topological polar surface area (TPSA) is 79.4 Å². The number of benzene rings is 1. The summed E-state index contributed by atoms with van der Waals surface area (Å²) in [5, 5.41) is 3.09. The van der Waals surface area contributed by atoms with Gasteiger partial charge in [-0.3, -0.25) is 9.78 Å². The lowest BCUT2D eigenvalue weighted by Gasteiger charge is -2.26. The molecule has 0 spiro atoms. The summed E-state index contributed by atoms with van der Waals surface area (Å²) in [5.74, 6) is -0.509. The highest BCUT2D eigenvalue weighted by Crippen LogP contribution is 2.21. The quantitative estimate of drug-likeness (QED) is 0.866. The third-order valence-corrected chi connectivity index (χ3v) is 6.11. The Kier molecular flexibility index (Phi) is 5.22. The van der Waals surface area contributed by atoms with Crippen LogP contribution in [0, 0.1) is 5.82 Å². The molecule has 0 bridgehead atoms. The van der Waals surface area contributed by atoms with Crippen molar-refractivity contribution >= 4 is 27.1 Å². The van der Waals surface area contributed by atoms with E-state index in [9.17, 15) is 17.6 Å². The van der Waals surface area contributed by atoms with E-state index >= 15 is 0 Å². The van der Waals surface area contributed by atoms with Crippen molar-refractivity contribution in [2.45, 2.75) is 19.4 Å². The third-order valence-electron chi connectivity index (χ3n) is 4.36. The summed E-state index contributed by atoms with van der Waals surface area (Å²) in [6.07, 6.45) is 1.97. The van der Waals surface area contributed by atoms with Gasteiger partial charge in [0.25, 0.3) is 5.91 Å². The number of nitrogens with one attached hydrogen (secondary N) is 1. The maximum absolute atomic E-state index is 13.0. The molecular weight excluding hydrogens is 357 g/mol. The predicted octanol–water partition coefficient (Wildman–Crippen LogP) is 2.61. The first kappa shape index (κ1) is 18.3. The van der Waals surface area contributed by atoms with Gasteiger partial charge in [0.2, 0.25) is 0 Å². The van der Waals surface area contributed by atoms with Gasteiger partial charge in [0.15, 0.2) is 9.84 Å². The van der Waals surface area contributed by atoms with Crippen molar-refractivity contribution in [3.63, 3.8) is 0 Å². The lowest BCUT2D eigenvalue weighted by atomic mass is 10.2. The Morgan fingerprint density at radius 1 is 1.27 bits per heavy atom. The molecule has 1 aliphatic heterocycles. The van der Waals surface area contributed by atoms with E-state index < -0.39 is 9.84 Å². The third kappa shape index (κ3) is 4.19. The number of halogens is 1. The number of nitrogens with zero attached hydrogens (tertiary/aromatic N) is 2. The van der Waals surface area contributed by atoms with Crippen LogP contribution < -0.4 is 5.32 Å². The fourth-order valence-electron chi connectivity index (χ4n) is 3.06. The number of sulfone groups is 1. The number of pyridine rings is 1. The van der Waals surface area contributed by atoms with Crippen LogP contribution in [0.2, 0.25) is 0 Å². The van der Waals surface area contributed by atoms with Gasteiger partial charge in [-0.15, -0.1) is 0 Å². The van der Waals surface area contributed by atoms with E-state index in [1.54, 1.807) is 29.2 Å². The summed E-state index contributed by atoms with van der Waals surface area (Å²) in [7, 11) is -3.08. The van der Waals surface area contributed by atoms with Gasteiger partial charge in [-0.05, 0) is 49.7 Å². The molecule has 0 saturated carbocycles. The van der Waals surface area contributed by atoms with Gasteiger partial charge in [0.1, 0.15) is 11.5 Å². The Bertz CT molecular complexity index is 900. The van der Waals surface area contributed by atoms with Crippen LogP contribution in [0.3, 0.4) is 0 Å². The number of amides is 1. The molecule has 26 heavy (non-hydrogen) atoms. The van der Waals surface area contributed by atoms with E-state index in [1.807, 2.05) is 6.92 Å². The minimum Gasteiger partial charge on any atom is -0.355 e. The first-order chi connectivity index (χ1) is 12.4. The fraction of sp³-hybridized carbons (Fsp3) is 0.333. The summed E-state index contributed by atoms with van der Waals surface area (Å²) in [6.45, 7) is 2.24. The van der Waals surface area contributed by atoms with Crippen LogP contribution in [0.15, 0.2) is 42.6 Å². The summed E-state index contributed by atoms with van der Waals surface area (Å²) >= 11 is 0. The second-order valence-corrected chi connectivity index (χ2v) is 8.44.